The first-order valence-electron chi connectivity index (χ1n) is 9.05. The molecule has 0 radical (unpaired) electrons. The van der Waals surface area contributed by atoms with E-state index < -0.39 is 23.6 Å². The molecule has 2 heterocycles. The molecule has 0 fully saturated rings. The third-order valence-electron chi connectivity index (χ3n) is 4.71. The molecule has 1 aliphatic rings. The van der Waals surface area contributed by atoms with Crippen LogP contribution in [0.25, 0.3) is 5.57 Å². The van der Waals surface area contributed by atoms with E-state index in [1.165, 1.54) is 4.90 Å². The summed E-state index contributed by atoms with van der Waals surface area (Å²) in [6.45, 7) is 2.55. The minimum atomic E-state index is -4.80. The van der Waals surface area contributed by atoms with Gasteiger partial charge in [-0.15, -0.1) is 0 Å². The highest BCUT2D eigenvalue weighted by Gasteiger charge is 2.34. The molecule has 0 aliphatic carbocycles. The Balaban J connectivity index is 1.66. The van der Waals surface area contributed by atoms with Crippen molar-refractivity contribution in [3.8, 4) is 0 Å². The highest BCUT2D eigenvalue weighted by atomic mass is 19.4. The number of aryl methyl sites for hydroxylation is 1. The van der Waals surface area contributed by atoms with E-state index in [9.17, 15) is 27.3 Å². The molecule has 0 bridgehead atoms. The monoisotopic (exact) mass is 422 g/mol. The minimum Gasteiger partial charge on any atom is -0.320 e. The Kier molecular flexibility index (Phi) is 6.14. The molecule has 1 N–H and O–H groups in total. The topological polar surface area (TPSA) is 74.7 Å². The molecule has 0 atom stereocenters. The van der Waals surface area contributed by atoms with E-state index in [0.29, 0.717) is 30.7 Å². The van der Waals surface area contributed by atoms with Gasteiger partial charge in [0.25, 0.3) is 0 Å². The van der Waals surface area contributed by atoms with Crippen molar-refractivity contribution in [3.05, 3.63) is 69.6 Å². The zero-order valence-corrected chi connectivity index (χ0v) is 16.0. The van der Waals surface area contributed by atoms with Crippen LogP contribution in [0.3, 0.4) is 0 Å². The van der Waals surface area contributed by atoms with Crippen LogP contribution in [-0.2, 0) is 12.7 Å². The number of nitrogens with zero attached hydrogens (tertiary/aromatic N) is 3. The molecule has 6 nitrogen and oxygen atoms in total. The van der Waals surface area contributed by atoms with Gasteiger partial charge in [0.1, 0.15) is 12.4 Å². The maximum absolute atomic E-state index is 13.7. The molecule has 10 heteroatoms. The lowest BCUT2D eigenvalue weighted by atomic mass is 10.00. The molecule has 2 aromatic rings. The highest BCUT2D eigenvalue weighted by Crippen LogP contribution is 2.32. The lowest BCUT2D eigenvalue weighted by Gasteiger charge is -2.27. The van der Waals surface area contributed by atoms with Crippen LogP contribution in [0.4, 0.5) is 28.0 Å². The number of carbonyl (C=O) groups is 1. The summed E-state index contributed by atoms with van der Waals surface area (Å²) in [5, 5.41) is 5.25. The predicted octanol–water partition coefficient (Wildman–Crippen LogP) is 5.14. The molecule has 0 saturated carbocycles. The number of aromatic nitrogens is 1. The zero-order valence-electron chi connectivity index (χ0n) is 16.0. The molecule has 0 saturated heterocycles. The largest absolute Gasteiger partial charge is 0.419 e. The van der Waals surface area contributed by atoms with E-state index >= 15 is 0 Å². The number of urea groups is 1. The average Bonchev–Trinajstić information content (AvgIpc) is 2.67. The number of nitrogens with one attached hydrogen (secondary N) is 1. The number of rotatable bonds is 4. The van der Waals surface area contributed by atoms with Crippen molar-refractivity contribution in [2.24, 2.45) is 5.18 Å². The van der Waals surface area contributed by atoms with Crippen molar-refractivity contribution in [1.29, 1.82) is 0 Å². The maximum Gasteiger partial charge on any atom is 0.419 e. The van der Waals surface area contributed by atoms with Crippen molar-refractivity contribution in [2.75, 3.05) is 18.4 Å². The van der Waals surface area contributed by atoms with Crippen molar-refractivity contribution in [2.45, 2.75) is 26.1 Å². The third kappa shape index (κ3) is 4.81. The van der Waals surface area contributed by atoms with Crippen molar-refractivity contribution >= 4 is 17.3 Å². The Hall–Kier alpha value is -3.30. The van der Waals surface area contributed by atoms with Gasteiger partial charge in [0.15, 0.2) is 0 Å². The van der Waals surface area contributed by atoms with E-state index in [-0.39, 0.29) is 18.8 Å². The first kappa shape index (κ1) is 21.4. The first-order valence-corrected chi connectivity index (χ1v) is 9.05. The number of pyridine rings is 1. The fourth-order valence-corrected chi connectivity index (χ4v) is 3.22. The Bertz CT molecular complexity index is 1000. The van der Waals surface area contributed by atoms with Crippen molar-refractivity contribution in [3.63, 3.8) is 0 Å². The van der Waals surface area contributed by atoms with Crippen LogP contribution in [0, 0.1) is 17.6 Å². The second kappa shape index (κ2) is 8.60. The SMILES string of the molecule is Cc1cc(CN=O)cnc1C1=CCN(C(=O)Nc2ccc(C(F)(F)F)c(F)c2)CC1. The molecule has 3 rings (SSSR count). The minimum absolute atomic E-state index is 0.0473. The molecule has 30 heavy (non-hydrogen) atoms. The van der Waals surface area contributed by atoms with Crippen molar-refractivity contribution < 1.29 is 22.4 Å². The molecule has 0 unspecified atom stereocenters. The Morgan fingerprint density at radius 1 is 1.30 bits per heavy atom. The van der Waals surface area contributed by atoms with Crippen LogP contribution in [-0.4, -0.2) is 29.0 Å². The van der Waals surface area contributed by atoms with Crippen LogP contribution in [0.2, 0.25) is 0 Å². The van der Waals surface area contributed by atoms with E-state index in [2.05, 4.69) is 15.5 Å². The summed E-state index contributed by atoms with van der Waals surface area (Å²) in [6.07, 6.45) is -0.852. The van der Waals surface area contributed by atoms with E-state index in [0.717, 1.165) is 22.9 Å². The van der Waals surface area contributed by atoms with E-state index in [1.54, 1.807) is 6.20 Å². The quantitative estimate of drug-likeness (QED) is 0.548. The second-order valence-corrected chi connectivity index (χ2v) is 6.84. The number of amides is 2. The molecule has 1 aromatic heterocycles. The number of benzene rings is 1. The van der Waals surface area contributed by atoms with Crippen molar-refractivity contribution in [1.82, 2.24) is 9.88 Å². The summed E-state index contributed by atoms with van der Waals surface area (Å²) in [5.74, 6) is -1.45. The molecule has 0 spiro atoms. The van der Waals surface area contributed by atoms with Crippen LogP contribution in [0.5, 0.6) is 0 Å². The van der Waals surface area contributed by atoms with E-state index in [4.69, 9.17) is 0 Å². The number of hydrogen-bond acceptors (Lipinski definition) is 4. The van der Waals surface area contributed by atoms with Gasteiger partial charge in [-0.1, -0.05) is 17.3 Å². The van der Waals surface area contributed by atoms with Crippen LogP contribution in [0.1, 0.15) is 28.8 Å². The molecule has 2 amide bonds. The number of halogens is 4. The number of carbonyl (C=O) groups excluding carboxylic acids is 1. The van der Waals surface area contributed by atoms with Gasteiger partial charge < -0.3 is 10.2 Å². The lowest BCUT2D eigenvalue weighted by Crippen LogP contribution is -2.38. The lowest BCUT2D eigenvalue weighted by molar-refractivity contribution is -0.139. The number of alkyl halides is 3. The summed E-state index contributed by atoms with van der Waals surface area (Å²) in [6, 6.07) is 3.55. The summed E-state index contributed by atoms with van der Waals surface area (Å²) in [4.78, 5) is 28.6. The summed E-state index contributed by atoms with van der Waals surface area (Å²) < 4.78 is 51.6. The molecular weight excluding hydrogens is 404 g/mol. The van der Waals surface area contributed by atoms with Gasteiger partial charge >= 0.3 is 12.2 Å². The van der Waals surface area contributed by atoms with Gasteiger partial charge in [0.2, 0.25) is 0 Å². The van der Waals surface area contributed by atoms with Gasteiger partial charge in [-0.25, -0.2) is 9.18 Å². The predicted molar refractivity (Wildman–Crippen MR) is 103 cm³/mol. The van der Waals surface area contributed by atoms with Gasteiger partial charge in [-0.2, -0.15) is 18.1 Å². The van der Waals surface area contributed by atoms with E-state index in [1.807, 2.05) is 19.1 Å². The molecule has 158 valence electrons. The van der Waals surface area contributed by atoms with Gasteiger partial charge in [-0.05, 0) is 48.2 Å². The summed E-state index contributed by atoms with van der Waals surface area (Å²) >= 11 is 0. The average molecular weight is 422 g/mol. The van der Waals surface area contributed by atoms with Crippen LogP contribution >= 0.6 is 0 Å². The number of hydrogen-bond donors (Lipinski definition) is 1. The fourth-order valence-electron chi connectivity index (χ4n) is 3.22. The standard InChI is InChI=1S/C20H18F4N4O2/c1-12-8-13(11-26-30)10-25-18(12)14-4-6-28(7-5-14)19(29)27-15-2-3-16(17(21)9-15)20(22,23)24/h2-4,8-10H,5-7,11H2,1H3,(H,27,29). The molecule has 1 aromatic carbocycles. The Morgan fingerprint density at radius 2 is 2.07 bits per heavy atom. The summed E-state index contributed by atoms with van der Waals surface area (Å²) in [5.41, 5.74) is 1.88. The van der Waals surface area contributed by atoms with Gasteiger partial charge in [-0.3, -0.25) is 4.98 Å². The normalized spacial score (nSPS) is 14.3. The second-order valence-electron chi connectivity index (χ2n) is 6.84. The summed E-state index contributed by atoms with van der Waals surface area (Å²) in [7, 11) is 0. The smallest absolute Gasteiger partial charge is 0.320 e. The first-order chi connectivity index (χ1) is 14.2. The van der Waals surface area contributed by atoms with Crippen LogP contribution < -0.4 is 5.32 Å². The van der Waals surface area contributed by atoms with Gasteiger partial charge in [0, 0.05) is 25.0 Å². The Morgan fingerprint density at radius 3 is 2.63 bits per heavy atom. The Labute approximate surface area is 169 Å². The fraction of sp³-hybridized carbons (Fsp3) is 0.300. The molecular formula is C20H18F4N4O2. The number of nitroso groups, excluding NO2 is 1. The molecule has 1 aliphatic heterocycles. The third-order valence-corrected chi connectivity index (χ3v) is 4.71. The highest BCUT2D eigenvalue weighted by molar-refractivity contribution is 5.90. The maximum atomic E-state index is 13.7. The van der Waals surface area contributed by atoms with Gasteiger partial charge in [0.05, 0.1) is 11.3 Å². The van der Waals surface area contributed by atoms with Crippen LogP contribution in [0.15, 0.2) is 41.7 Å². The zero-order chi connectivity index (χ0) is 21.9. The number of anilines is 1.